The number of hydrogen-bond acceptors (Lipinski definition) is 5. The second kappa shape index (κ2) is 12.8. The molecule has 1 amide bonds. The van der Waals surface area contributed by atoms with Gasteiger partial charge in [-0.1, -0.05) is 35.7 Å². The number of halogens is 3. The van der Waals surface area contributed by atoms with Crippen molar-refractivity contribution < 1.29 is 13.6 Å². The monoisotopic (exact) mass is 563 g/mol. The van der Waals surface area contributed by atoms with E-state index in [1.807, 2.05) is 12.1 Å². The maximum Gasteiger partial charge on any atom is 0.253 e. The molecule has 0 atom stereocenters. The van der Waals surface area contributed by atoms with E-state index in [0.29, 0.717) is 28.6 Å². The molecule has 6 nitrogen and oxygen atoms in total. The molecule has 208 valence electrons. The van der Waals surface area contributed by atoms with Crippen molar-refractivity contribution in [2.75, 3.05) is 44.2 Å². The summed E-state index contributed by atoms with van der Waals surface area (Å²) in [4.78, 5) is 24.5. The summed E-state index contributed by atoms with van der Waals surface area (Å²) in [6.45, 7) is 6.67. The van der Waals surface area contributed by atoms with E-state index in [2.05, 4.69) is 43.1 Å². The first-order valence-corrected chi connectivity index (χ1v) is 13.9. The summed E-state index contributed by atoms with van der Waals surface area (Å²) in [7, 11) is 0. The van der Waals surface area contributed by atoms with Crippen LogP contribution in [0.5, 0.6) is 0 Å². The molecule has 2 aromatic carbocycles. The molecule has 9 heteroatoms. The molecule has 2 aliphatic rings. The molecule has 0 spiro atoms. The zero-order valence-electron chi connectivity index (χ0n) is 22.3. The number of anilines is 1. The Morgan fingerprint density at radius 2 is 1.68 bits per heavy atom. The first-order valence-electron chi connectivity index (χ1n) is 13.5. The highest BCUT2D eigenvalue weighted by atomic mass is 35.5. The number of nitrogens with zero attached hydrogens (tertiary/aromatic N) is 4. The third kappa shape index (κ3) is 6.79. The van der Waals surface area contributed by atoms with Crippen molar-refractivity contribution in [3.8, 4) is 12.3 Å². The van der Waals surface area contributed by atoms with E-state index >= 15 is 0 Å². The molecule has 0 aliphatic carbocycles. The van der Waals surface area contributed by atoms with E-state index in [9.17, 15) is 13.6 Å². The van der Waals surface area contributed by atoms with Crippen LogP contribution >= 0.6 is 11.6 Å². The van der Waals surface area contributed by atoms with Crippen LogP contribution in [-0.2, 0) is 13.1 Å². The van der Waals surface area contributed by atoms with Crippen LogP contribution in [0.1, 0.15) is 39.9 Å². The lowest BCUT2D eigenvalue weighted by atomic mass is 10.0. The topological polar surface area (TPSA) is 51.7 Å². The molecule has 2 saturated heterocycles. The maximum absolute atomic E-state index is 13.4. The molecular weight excluding hydrogens is 532 g/mol. The number of pyridine rings is 1. The second-order valence-corrected chi connectivity index (χ2v) is 10.8. The summed E-state index contributed by atoms with van der Waals surface area (Å²) in [5.74, 6) is 1.12. The fourth-order valence-electron chi connectivity index (χ4n) is 5.46. The van der Waals surface area contributed by atoms with Crippen molar-refractivity contribution in [2.24, 2.45) is 0 Å². The number of benzene rings is 2. The van der Waals surface area contributed by atoms with Crippen LogP contribution in [0.2, 0.25) is 5.02 Å². The predicted octanol–water partition coefficient (Wildman–Crippen LogP) is 4.71. The van der Waals surface area contributed by atoms with E-state index < -0.39 is 11.6 Å². The minimum absolute atomic E-state index is 0.0607. The Hall–Kier alpha value is -3.51. The summed E-state index contributed by atoms with van der Waals surface area (Å²) in [6, 6.07) is 13.9. The highest BCUT2D eigenvalue weighted by molar-refractivity contribution is 6.30. The number of amides is 1. The highest BCUT2D eigenvalue weighted by Gasteiger charge is 2.28. The van der Waals surface area contributed by atoms with Crippen molar-refractivity contribution >= 4 is 23.3 Å². The third-order valence-corrected chi connectivity index (χ3v) is 7.98. The fraction of sp³-hybridized carbons (Fsp3) is 0.355. The molecule has 1 aromatic heterocycles. The van der Waals surface area contributed by atoms with E-state index in [0.717, 1.165) is 75.8 Å². The molecule has 0 unspecified atom stereocenters. The average Bonchev–Trinajstić information content (AvgIpc) is 2.99. The van der Waals surface area contributed by atoms with Gasteiger partial charge in [-0.3, -0.25) is 14.6 Å². The van der Waals surface area contributed by atoms with Gasteiger partial charge in [0.1, 0.15) is 5.82 Å². The number of piperazine rings is 1. The first kappa shape index (κ1) is 28.0. The molecule has 2 fully saturated rings. The van der Waals surface area contributed by atoms with Gasteiger partial charge in [0.2, 0.25) is 0 Å². The molecule has 1 N–H and O–H groups in total. The fourth-order valence-corrected chi connectivity index (χ4v) is 5.59. The Morgan fingerprint density at radius 1 is 0.975 bits per heavy atom. The van der Waals surface area contributed by atoms with E-state index in [1.54, 1.807) is 6.07 Å². The van der Waals surface area contributed by atoms with Gasteiger partial charge < -0.3 is 10.2 Å². The van der Waals surface area contributed by atoms with Gasteiger partial charge in [0.05, 0.1) is 11.1 Å². The molecule has 5 rings (SSSR count). The first-order chi connectivity index (χ1) is 19.4. The standard InChI is InChI=1S/C31H32ClF2N5O/c1-2-24-18-25(31(40)36-19-23-5-8-28(33)29(34)17-23)20-35-30(24)39-15-13-38(14-16-39)27-9-11-37(12-10-27)21-22-3-6-26(32)7-4-22/h1,3-8,17-18,20,27H,9-16,19,21H2,(H,36,40). The number of likely N-dealkylation sites (tertiary alicyclic amines) is 1. The quantitative estimate of drug-likeness (QED) is 0.422. The largest absolute Gasteiger partial charge is 0.353 e. The number of rotatable bonds is 7. The lowest BCUT2D eigenvalue weighted by Crippen LogP contribution is -2.53. The maximum atomic E-state index is 13.4. The Morgan fingerprint density at radius 3 is 2.35 bits per heavy atom. The lowest BCUT2D eigenvalue weighted by molar-refractivity contribution is 0.0950. The Labute approximate surface area is 238 Å². The van der Waals surface area contributed by atoms with Gasteiger partial charge in [0.15, 0.2) is 11.6 Å². The van der Waals surface area contributed by atoms with Gasteiger partial charge in [-0.25, -0.2) is 13.8 Å². The number of nitrogens with one attached hydrogen (secondary N) is 1. The van der Waals surface area contributed by atoms with Gasteiger partial charge in [-0.2, -0.15) is 0 Å². The van der Waals surface area contributed by atoms with Crippen LogP contribution in [0, 0.1) is 24.0 Å². The zero-order valence-corrected chi connectivity index (χ0v) is 23.0. The van der Waals surface area contributed by atoms with Crippen LogP contribution in [0.3, 0.4) is 0 Å². The van der Waals surface area contributed by atoms with Crippen LogP contribution in [0.25, 0.3) is 0 Å². The van der Waals surface area contributed by atoms with Crippen LogP contribution in [0.4, 0.5) is 14.6 Å². The van der Waals surface area contributed by atoms with Gasteiger partial charge in [-0.15, -0.1) is 6.42 Å². The smallest absolute Gasteiger partial charge is 0.253 e. The van der Waals surface area contributed by atoms with Gasteiger partial charge in [0.25, 0.3) is 5.91 Å². The molecule has 3 heterocycles. The summed E-state index contributed by atoms with van der Waals surface area (Å²) in [6.07, 6.45) is 9.61. The van der Waals surface area contributed by atoms with E-state index in [4.69, 9.17) is 18.0 Å². The number of aromatic nitrogens is 1. The van der Waals surface area contributed by atoms with Gasteiger partial charge in [-0.05, 0) is 67.4 Å². The van der Waals surface area contributed by atoms with Gasteiger partial charge >= 0.3 is 0 Å². The summed E-state index contributed by atoms with van der Waals surface area (Å²) >= 11 is 6.01. The second-order valence-electron chi connectivity index (χ2n) is 10.3. The zero-order chi connectivity index (χ0) is 28.1. The normalized spacial score (nSPS) is 17.0. The van der Waals surface area contributed by atoms with Gasteiger partial charge in [0, 0.05) is 56.5 Å². The van der Waals surface area contributed by atoms with Crippen molar-refractivity contribution in [2.45, 2.75) is 32.0 Å². The third-order valence-electron chi connectivity index (χ3n) is 7.73. The summed E-state index contributed by atoms with van der Waals surface area (Å²) < 4.78 is 26.6. The van der Waals surface area contributed by atoms with Crippen LogP contribution in [-0.4, -0.2) is 66.0 Å². The molecule has 40 heavy (non-hydrogen) atoms. The Kier molecular flexibility index (Phi) is 8.95. The molecule has 3 aromatic rings. The molecule has 2 aliphatic heterocycles. The van der Waals surface area contributed by atoms with Crippen molar-refractivity contribution in [3.63, 3.8) is 0 Å². The average molecular weight is 564 g/mol. The van der Waals surface area contributed by atoms with Crippen LogP contribution < -0.4 is 10.2 Å². The highest BCUT2D eigenvalue weighted by Crippen LogP contribution is 2.24. The SMILES string of the molecule is C#Cc1cc(C(=O)NCc2ccc(F)c(F)c2)cnc1N1CCN(C2CCN(Cc3ccc(Cl)cc3)CC2)CC1. The van der Waals surface area contributed by atoms with Crippen molar-refractivity contribution in [1.29, 1.82) is 0 Å². The predicted molar refractivity (Wildman–Crippen MR) is 153 cm³/mol. The minimum Gasteiger partial charge on any atom is -0.353 e. The van der Waals surface area contributed by atoms with E-state index in [-0.39, 0.29) is 12.5 Å². The number of hydrogen-bond donors (Lipinski definition) is 1. The molecule has 0 bridgehead atoms. The lowest BCUT2D eigenvalue weighted by Gasteiger charge is -2.43. The Balaban J connectivity index is 1.11. The molecular formula is C31H32ClF2N5O. The number of piperidine rings is 1. The van der Waals surface area contributed by atoms with Crippen LogP contribution in [0.15, 0.2) is 54.7 Å². The summed E-state index contributed by atoms with van der Waals surface area (Å²) in [5.41, 5.74) is 2.63. The number of carbonyl (C=O) groups excluding carboxylic acids is 1. The molecule has 0 saturated carbocycles. The van der Waals surface area contributed by atoms with E-state index in [1.165, 1.54) is 17.8 Å². The molecule has 0 radical (unpaired) electrons. The number of carbonyl (C=O) groups is 1. The van der Waals surface area contributed by atoms with Crippen molar-refractivity contribution in [3.05, 3.63) is 93.6 Å². The Bertz CT molecular complexity index is 1380. The minimum atomic E-state index is -0.952. The summed E-state index contributed by atoms with van der Waals surface area (Å²) in [5, 5.41) is 3.48. The number of terminal acetylenes is 1. The van der Waals surface area contributed by atoms with Crippen molar-refractivity contribution in [1.82, 2.24) is 20.1 Å².